The number of para-hydroxylation sites is 1. The second-order valence-corrected chi connectivity index (χ2v) is 7.08. The molecule has 8 heteroatoms. The van der Waals surface area contributed by atoms with E-state index in [9.17, 15) is 18.8 Å². The lowest BCUT2D eigenvalue weighted by Gasteiger charge is -2.11. The van der Waals surface area contributed by atoms with Gasteiger partial charge in [-0.05, 0) is 54.4 Å². The van der Waals surface area contributed by atoms with Gasteiger partial charge in [0.25, 0.3) is 5.91 Å². The van der Waals surface area contributed by atoms with Crippen molar-refractivity contribution in [3.63, 3.8) is 0 Å². The first-order valence-electron chi connectivity index (χ1n) is 10.2. The second kappa shape index (κ2) is 11.4. The summed E-state index contributed by atoms with van der Waals surface area (Å²) < 4.78 is 23.4. The van der Waals surface area contributed by atoms with Gasteiger partial charge in [0.05, 0.1) is 18.4 Å². The molecular weight excluding hydrogens is 427 g/mol. The lowest BCUT2D eigenvalue weighted by atomic mass is 10.1. The monoisotopic (exact) mass is 450 g/mol. The van der Waals surface area contributed by atoms with Crippen LogP contribution in [0.15, 0.2) is 72.8 Å². The number of hydrogen-bond acceptors (Lipinski definition) is 5. The van der Waals surface area contributed by atoms with E-state index in [2.05, 4.69) is 10.6 Å². The topological polar surface area (TPSA) is 93.7 Å². The van der Waals surface area contributed by atoms with Crippen LogP contribution in [0.25, 0.3) is 0 Å². The molecule has 0 spiro atoms. The molecule has 0 saturated heterocycles. The third-order valence-electron chi connectivity index (χ3n) is 4.66. The van der Waals surface area contributed by atoms with Gasteiger partial charge >= 0.3 is 5.97 Å². The Bertz CT molecular complexity index is 1130. The Kier molecular flexibility index (Phi) is 8.13. The van der Waals surface area contributed by atoms with E-state index in [1.54, 1.807) is 25.3 Å². The molecule has 0 radical (unpaired) electrons. The summed E-state index contributed by atoms with van der Waals surface area (Å²) in [6.07, 6.45) is 0.731. The number of aryl methyl sites for hydroxylation is 1. The van der Waals surface area contributed by atoms with Crippen molar-refractivity contribution >= 4 is 29.2 Å². The maximum absolute atomic E-state index is 13.2. The summed E-state index contributed by atoms with van der Waals surface area (Å²) in [5, 5.41) is 5.15. The predicted octanol–water partition coefficient (Wildman–Crippen LogP) is 4.20. The SMILES string of the molecule is COc1ccc(CCC(=O)Nc2ccccc2C(=O)OCC(=O)Nc2cccc(F)c2)cc1. The van der Waals surface area contributed by atoms with E-state index in [1.807, 2.05) is 24.3 Å². The molecule has 3 aromatic rings. The zero-order valence-electron chi connectivity index (χ0n) is 18.0. The summed E-state index contributed by atoms with van der Waals surface area (Å²) in [5.74, 6) is -1.41. The Morgan fingerprint density at radius 1 is 0.879 bits per heavy atom. The van der Waals surface area contributed by atoms with Crippen LogP contribution in [-0.4, -0.2) is 31.5 Å². The van der Waals surface area contributed by atoms with Gasteiger partial charge in [-0.3, -0.25) is 9.59 Å². The lowest BCUT2D eigenvalue weighted by molar-refractivity contribution is -0.119. The highest BCUT2D eigenvalue weighted by molar-refractivity contribution is 6.02. The number of ether oxygens (including phenoxy) is 2. The summed E-state index contributed by atoms with van der Waals surface area (Å²) in [4.78, 5) is 36.9. The van der Waals surface area contributed by atoms with Gasteiger partial charge in [-0.2, -0.15) is 0 Å². The predicted molar refractivity (Wildman–Crippen MR) is 122 cm³/mol. The Balaban J connectivity index is 1.53. The number of amides is 2. The molecule has 0 heterocycles. The van der Waals surface area contributed by atoms with Crippen molar-refractivity contribution in [2.45, 2.75) is 12.8 Å². The molecule has 0 atom stereocenters. The van der Waals surface area contributed by atoms with Gasteiger partial charge in [0.2, 0.25) is 5.91 Å². The standard InChI is InChI=1S/C25H23FN2O5/c1-32-20-12-9-17(10-13-20)11-14-23(29)28-22-8-3-2-7-21(22)25(31)33-16-24(30)27-19-6-4-5-18(26)15-19/h2-10,12-13,15H,11,14,16H2,1H3,(H,27,30)(H,28,29). The van der Waals surface area contributed by atoms with E-state index < -0.39 is 24.3 Å². The van der Waals surface area contributed by atoms with Gasteiger partial charge in [-0.1, -0.05) is 30.3 Å². The molecule has 0 aliphatic rings. The Morgan fingerprint density at radius 2 is 1.64 bits per heavy atom. The molecule has 0 aliphatic carbocycles. The van der Waals surface area contributed by atoms with Gasteiger partial charge in [0.15, 0.2) is 6.61 Å². The summed E-state index contributed by atoms with van der Waals surface area (Å²) >= 11 is 0. The van der Waals surface area contributed by atoms with Gasteiger partial charge in [-0.15, -0.1) is 0 Å². The summed E-state index contributed by atoms with van der Waals surface area (Å²) in [7, 11) is 1.59. The minimum Gasteiger partial charge on any atom is -0.497 e. The van der Waals surface area contributed by atoms with Crippen molar-refractivity contribution in [3.05, 3.63) is 89.7 Å². The van der Waals surface area contributed by atoms with Crippen molar-refractivity contribution in [1.82, 2.24) is 0 Å². The van der Waals surface area contributed by atoms with E-state index in [4.69, 9.17) is 9.47 Å². The van der Waals surface area contributed by atoms with Crippen LogP contribution in [0.2, 0.25) is 0 Å². The van der Waals surface area contributed by atoms with Crippen LogP contribution in [0, 0.1) is 5.82 Å². The first-order chi connectivity index (χ1) is 15.9. The zero-order valence-corrected chi connectivity index (χ0v) is 18.0. The summed E-state index contributed by atoms with van der Waals surface area (Å²) in [5.41, 5.74) is 1.63. The first kappa shape index (κ1) is 23.5. The average molecular weight is 450 g/mol. The molecule has 0 aliphatic heterocycles. The van der Waals surface area contributed by atoms with Crippen molar-refractivity contribution in [3.8, 4) is 5.75 Å². The zero-order chi connectivity index (χ0) is 23.6. The van der Waals surface area contributed by atoms with E-state index >= 15 is 0 Å². The molecule has 2 amide bonds. The molecule has 0 aromatic heterocycles. The van der Waals surface area contributed by atoms with Crippen LogP contribution in [0.1, 0.15) is 22.3 Å². The Morgan fingerprint density at radius 3 is 2.36 bits per heavy atom. The third-order valence-corrected chi connectivity index (χ3v) is 4.66. The molecule has 7 nitrogen and oxygen atoms in total. The normalized spacial score (nSPS) is 10.2. The fraction of sp³-hybridized carbons (Fsp3) is 0.160. The van der Waals surface area contributed by atoms with Gasteiger partial charge in [0.1, 0.15) is 11.6 Å². The quantitative estimate of drug-likeness (QED) is 0.477. The minimum atomic E-state index is -0.768. The maximum atomic E-state index is 13.2. The molecule has 0 unspecified atom stereocenters. The number of anilines is 2. The molecule has 3 rings (SSSR count). The maximum Gasteiger partial charge on any atom is 0.340 e. The van der Waals surface area contributed by atoms with Crippen LogP contribution >= 0.6 is 0 Å². The largest absolute Gasteiger partial charge is 0.497 e. The third kappa shape index (κ3) is 7.17. The van der Waals surface area contributed by atoms with Crippen LogP contribution in [0.4, 0.5) is 15.8 Å². The number of carbonyl (C=O) groups is 3. The number of methoxy groups -OCH3 is 1. The Labute approximate surface area is 190 Å². The second-order valence-electron chi connectivity index (χ2n) is 7.08. The minimum absolute atomic E-state index is 0.119. The fourth-order valence-electron chi connectivity index (χ4n) is 3.01. The molecule has 0 saturated carbocycles. The molecule has 170 valence electrons. The van der Waals surface area contributed by atoms with E-state index in [0.717, 1.165) is 17.4 Å². The number of esters is 1. The average Bonchev–Trinajstić information content (AvgIpc) is 2.82. The van der Waals surface area contributed by atoms with Gasteiger partial charge in [0, 0.05) is 12.1 Å². The van der Waals surface area contributed by atoms with Gasteiger partial charge < -0.3 is 20.1 Å². The van der Waals surface area contributed by atoms with Crippen LogP contribution < -0.4 is 15.4 Å². The molecular formula is C25H23FN2O5. The molecule has 3 aromatic carbocycles. The number of halogens is 1. The fourth-order valence-corrected chi connectivity index (χ4v) is 3.01. The highest BCUT2D eigenvalue weighted by Crippen LogP contribution is 2.18. The molecule has 0 fully saturated rings. The molecule has 0 bridgehead atoms. The first-order valence-corrected chi connectivity index (χ1v) is 10.2. The van der Waals surface area contributed by atoms with Crippen LogP contribution in [-0.2, 0) is 20.7 Å². The van der Waals surface area contributed by atoms with Gasteiger partial charge in [-0.25, -0.2) is 9.18 Å². The van der Waals surface area contributed by atoms with Crippen molar-refractivity contribution in [2.24, 2.45) is 0 Å². The van der Waals surface area contributed by atoms with Crippen molar-refractivity contribution in [1.29, 1.82) is 0 Å². The van der Waals surface area contributed by atoms with Crippen molar-refractivity contribution < 1.29 is 28.2 Å². The van der Waals surface area contributed by atoms with Crippen LogP contribution in [0.3, 0.4) is 0 Å². The summed E-state index contributed by atoms with van der Waals surface area (Å²) in [6.45, 7) is -0.560. The van der Waals surface area contributed by atoms with Crippen LogP contribution in [0.5, 0.6) is 5.75 Å². The van der Waals surface area contributed by atoms with E-state index in [-0.39, 0.29) is 29.3 Å². The highest BCUT2D eigenvalue weighted by Gasteiger charge is 2.16. The number of carbonyl (C=O) groups excluding carboxylic acids is 3. The number of hydrogen-bond donors (Lipinski definition) is 2. The molecule has 33 heavy (non-hydrogen) atoms. The molecule has 2 N–H and O–H groups in total. The smallest absolute Gasteiger partial charge is 0.340 e. The van der Waals surface area contributed by atoms with E-state index in [1.165, 1.54) is 24.3 Å². The lowest BCUT2D eigenvalue weighted by Crippen LogP contribution is -2.22. The summed E-state index contributed by atoms with van der Waals surface area (Å²) in [6, 6.07) is 19.1. The Hall–Kier alpha value is -4.20. The number of nitrogens with one attached hydrogen (secondary N) is 2. The highest BCUT2D eigenvalue weighted by atomic mass is 19.1. The van der Waals surface area contributed by atoms with E-state index in [0.29, 0.717) is 6.42 Å². The number of benzene rings is 3. The number of rotatable bonds is 9. The van der Waals surface area contributed by atoms with Crippen molar-refractivity contribution in [2.75, 3.05) is 24.4 Å².